The van der Waals surface area contributed by atoms with Crippen LogP contribution >= 0.6 is 0 Å². The summed E-state index contributed by atoms with van der Waals surface area (Å²) in [7, 11) is 0. The highest BCUT2D eigenvalue weighted by Crippen LogP contribution is 2.44. The summed E-state index contributed by atoms with van der Waals surface area (Å²) in [5.74, 6) is -1.65. The van der Waals surface area contributed by atoms with E-state index in [-0.39, 0.29) is 23.8 Å². The van der Waals surface area contributed by atoms with Crippen molar-refractivity contribution in [3.05, 3.63) is 23.5 Å². The lowest BCUT2D eigenvalue weighted by molar-refractivity contribution is -0.153. The molecule has 1 aromatic heterocycles. The van der Waals surface area contributed by atoms with Gasteiger partial charge in [-0.05, 0) is 25.7 Å². The van der Waals surface area contributed by atoms with Gasteiger partial charge in [0.2, 0.25) is 0 Å². The normalized spacial score (nSPS) is 15.7. The van der Waals surface area contributed by atoms with Crippen LogP contribution in [0.1, 0.15) is 48.2 Å². The number of hydrogen-bond donors (Lipinski definition) is 2. The summed E-state index contributed by atoms with van der Waals surface area (Å²) in [5, 5.41) is 11.1. The van der Waals surface area contributed by atoms with E-state index in [1.165, 1.54) is 19.2 Å². The summed E-state index contributed by atoms with van der Waals surface area (Å²) >= 11 is 0. The second-order valence-corrected chi connectivity index (χ2v) is 5.76. The maximum Gasteiger partial charge on any atom is 0.422 e. The molecule has 1 unspecified atom stereocenters. The predicted molar refractivity (Wildman–Crippen MR) is 76.9 cm³/mol. The van der Waals surface area contributed by atoms with Gasteiger partial charge >= 0.3 is 12.1 Å². The molecule has 1 fully saturated rings. The van der Waals surface area contributed by atoms with Gasteiger partial charge < -0.3 is 15.2 Å². The van der Waals surface area contributed by atoms with Crippen LogP contribution < -0.4 is 10.1 Å². The molecule has 0 spiro atoms. The van der Waals surface area contributed by atoms with Crippen LogP contribution in [0, 0.1) is 0 Å². The summed E-state index contributed by atoms with van der Waals surface area (Å²) in [6, 6.07) is 0.529. The SMILES string of the molecule is CC(CC(=O)O)NC(=O)c1cc(OCC(F)(F)F)c(C2CC2)cn1. The number of carbonyl (C=O) groups is 2. The Labute approximate surface area is 136 Å². The van der Waals surface area contributed by atoms with Crippen LogP contribution in [0.5, 0.6) is 5.75 Å². The second-order valence-electron chi connectivity index (χ2n) is 5.76. The van der Waals surface area contributed by atoms with Crippen molar-refractivity contribution in [2.24, 2.45) is 0 Å². The molecule has 0 saturated heterocycles. The molecule has 0 bridgehead atoms. The minimum absolute atomic E-state index is 0.0131. The number of pyridine rings is 1. The number of aromatic nitrogens is 1. The van der Waals surface area contributed by atoms with E-state index in [0.717, 1.165) is 12.8 Å². The Bertz CT molecular complexity index is 630. The monoisotopic (exact) mass is 346 g/mol. The molecule has 1 aliphatic carbocycles. The molecule has 9 heteroatoms. The zero-order valence-electron chi connectivity index (χ0n) is 12.9. The molecule has 1 atom stereocenters. The fourth-order valence-corrected chi connectivity index (χ4v) is 2.17. The number of nitrogens with one attached hydrogen (secondary N) is 1. The van der Waals surface area contributed by atoms with Gasteiger partial charge in [-0.1, -0.05) is 0 Å². The number of rotatable bonds is 7. The van der Waals surface area contributed by atoms with Gasteiger partial charge in [0.1, 0.15) is 11.4 Å². The van der Waals surface area contributed by atoms with E-state index in [4.69, 9.17) is 9.84 Å². The predicted octanol–water partition coefficient (Wildman–Crippen LogP) is 2.49. The highest BCUT2D eigenvalue weighted by molar-refractivity contribution is 5.93. The quantitative estimate of drug-likeness (QED) is 0.792. The lowest BCUT2D eigenvalue weighted by Gasteiger charge is -2.15. The topological polar surface area (TPSA) is 88.5 Å². The molecule has 132 valence electrons. The minimum atomic E-state index is -4.48. The standard InChI is InChI=1S/C15H17F3N2O4/c1-8(4-13(21)22)20-14(23)11-5-12(24-7-15(16,17)18)10(6-19-11)9-2-3-9/h5-6,8-9H,2-4,7H2,1H3,(H,20,23)(H,21,22). The van der Waals surface area contributed by atoms with E-state index < -0.39 is 30.7 Å². The maximum atomic E-state index is 12.4. The van der Waals surface area contributed by atoms with Crippen LogP contribution in [0.15, 0.2) is 12.3 Å². The van der Waals surface area contributed by atoms with E-state index in [1.54, 1.807) is 0 Å². The average molecular weight is 346 g/mol. The van der Waals surface area contributed by atoms with Gasteiger partial charge in [-0.2, -0.15) is 13.2 Å². The van der Waals surface area contributed by atoms with Crippen molar-refractivity contribution in [1.29, 1.82) is 0 Å². The minimum Gasteiger partial charge on any atom is -0.484 e. The van der Waals surface area contributed by atoms with Gasteiger partial charge in [-0.25, -0.2) is 0 Å². The van der Waals surface area contributed by atoms with Gasteiger partial charge in [-0.3, -0.25) is 14.6 Å². The molecule has 1 heterocycles. The van der Waals surface area contributed by atoms with Gasteiger partial charge in [0.05, 0.1) is 6.42 Å². The highest BCUT2D eigenvalue weighted by Gasteiger charge is 2.32. The Kier molecular flexibility index (Phi) is 5.30. The van der Waals surface area contributed by atoms with Crippen molar-refractivity contribution in [2.75, 3.05) is 6.61 Å². The van der Waals surface area contributed by atoms with Crippen LogP contribution in [0.2, 0.25) is 0 Å². The van der Waals surface area contributed by atoms with Gasteiger partial charge in [0.25, 0.3) is 5.91 Å². The maximum absolute atomic E-state index is 12.4. The molecule has 1 aromatic rings. The number of aliphatic carboxylic acids is 1. The number of halogens is 3. The van der Waals surface area contributed by atoms with E-state index in [1.807, 2.05) is 0 Å². The van der Waals surface area contributed by atoms with Crippen molar-refractivity contribution in [3.63, 3.8) is 0 Å². The molecule has 0 aromatic carbocycles. The van der Waals surface area contributed by atoms with Crippen LogP contribution in [0.25, 0.3) is 0 Å². The molecule has 2 N–H and O–H groups in total. The first-order valence-corrected chi connectivity index (χ1v) is 7.38. The average Bonchev–Trinajstić information content (AvgIpc) is 3.27. The highest BCUT2D eigenvalue weighted by atomic mass is 19.4. The number of hydrogen-bond acceptors (Lipinski definition) is 4. The molecule has 1 aliphatic rings. The largest absolute Gasteiger partial charge is 0.484 e. The van der Waals surface area contributed by atoms with Crippen molar-refractivity contribution >= 4 is 11.9 Å². The smallest absolute Gasteiger partial charge is 0.422 e. The molecule has 1 amide bonds. The summed E-state index contributed by atoms with van der Waals surface area (Å²) in [6.45, 7) is 0.0544. The van der Waals surface area contributed by atoms with Crippen molar-refractivity contribution in [2.45, 2.75) is 44.3 Å². The first kappa shape index (κ1) is 18.0. The lowest BCUT2D eigenvalue weighted by Crippen LogP contribution is -2.34. The number of ether oxygens (including phenoxy) is 1. The Hall–Kier alpha value is -2.32. The fourth-order valence-electron chi connectivity index (χ4n) is 2.17. The van der Waals surface area contributed by atoms with Gasteiger partial charge in [0.15, 0.2) is 6.61 Å². The van der Waals surface area contributed by atoms with E-state index in [0.29, 0.717) is 5.56 Å². The van der Waals surface area contributed by atoms with E-state index >= 15 is 0 Å². The third kappa shape index (κ3) is 5.39. The molecule has 6 nitrogen and oxygen atoms in total. The Morgan fingerprint density at radius 3 is 2.67 bits per heavy atom. The zero-order chi connectivity index (χ0) is 17.9. The number of amides is 1. The van der Waals surface area contributed by atoms with Crippen molar-refractivity contribution < 1.29 is 32.6 Å². The number of carboxylic acid groups (broad SMARTS) is 1. The molecular formula is C15H17F3N2O4. The Balaban J connectivity index is 2.12. The van der Waals surface area contributed by atoms with Crippen LogP contribution in [0.4, 0.5) is 13.2 Å². The molecule has 0 radical (unpaired) electrons. The summed E-state index contributed by atoms with van der Waals surface area (Å²) in [5.41, 5.74) is 0.434. The summed E-state index contributed by atoms with van der Waals surface area (Å²) in [4.78, 5) is 26.6. The zero-order valence-corrected chi connectivity index (χ0v) is 12.9. The Morgan fingerprint density at radius 2 is 2.12 bits per heavy atom. The van der Waals surface area contributed by atoms with Crippen molar-refractivity contribution in [1.82, 2.24) is 10.3 Å². The van der Waals surface area contributed by atoms with Crippen LogP contribution in [0.3, 0.4) is 0 Å². The second kappa shape index (κ2) is 7.06. The van der Waals surface area contributed by atoms with E-state index in [9.17, 15) is 22.8 Å². The third-order valence-corrected chi connectivity index (χ3v) is 3.39. The summed E-state index contributed by atoms with van der Waals surface area (Å²) < 4.78 is 41.9. The fraction of sp³-hybridized carbons (Fsp3) is 0.533. The molecule has 1 saturated carbocycles. The number of carbonyl (C=O) groups excluding carboxylic acids is 1. The lowest BCUT2D eigenvalue weighted by atomic mass is 10.1. The van der Waals surface area contributed by atoms with Crippen LogP contribution in [-0.4, -0.2) is 40.8 Å². The molecule has 2 rings (SSSR count). The van der Waals surface area contributed by atoms with Crippen molar-refractivity contribution in [3.8, 4) is 5.75 Å². The molecule has 24 heavy (non-hydrogen) atoms. The number of nitrogens with zero attached hydrogens (tertiary/aromatic N) is 1. The van der Waals surface area contributed by atoms with Gasteiger partial charge in [-0.15, -0.1) is 0 Å². The first-order valence-electron chi connectivity index (χ1n) is 7.38. The summed E-state index contributed by atoms with van der Waals surface area (Å²) in [6.07, 6.45) is -1.73. The Morgan fingerprint density at radius 1 is 1.46 bits per heavy atom. The van der Waals surface area contributed by atoms with Crippen LogP contribution in [-0.2, 0) is 4.79 Å². The molecule has 0 aliphatic heterocycles. The molecular weight excluding hydrogens is 329 g/mol. The van der Waals surface area contributed by atoms with Gasteiger partial charge in [0, 0.05) is 23.9 Å². The number of carboxylic acids is 1. The van der Waals surface area contributed by atoms with E-state index in [2.05, 4.69) is 10.3 Å². The number of alkyl halides is 3. The third-order valence-electron chi connectivity index (χ3n) is 3.39. The first-order chi connectivity index (χ1) is 11.2.